The number of hydrogen-bond acceptors (Lipinski definition) is 5. The molecule has 1 aromatic carbocycles. The maximum Gasteiger partial charge on any atom is 0.410 e. The van der Waals surface area contributed by atoms with E-state index in [0.29, 0.717) is 18.0 Å². The van der Waals surface area contributed by atoms with Crippen LogP contribution in [0.3, 0.4) is 0 Å². The van der Waals surface area contributed by atoms with Gasteiger partial charge in [-0.05, 0) is 82.4 Å². The van der Waals surface area contributed by atoms with Gasteiger partial charge in [0.25, 0.3) is 5.91 Å². The van der Waals surface area contributed by atoms with Gasteiger partial charge in [0.2, 0.25) is 0 Å². The first-order valence-electron chi connectivity index (χ1n) is 12.2. The summed E-state index contributed by atoms with van der Waals surface area (Å²) in [6.07, 6.45) is 3.77. The van der Waals surface area contributed by atoms with E-state index in [1.54, 1.807) is 19.1 Å². The SMILES string of the molecule is COC(=O)C(C)NC(=O)c1ccc(CN(C(=O)OC(C)(C)C)C2CCC(C(C)(C)C)CC2)cc1. The lowest BCUT2D eigenvalue weighted by Crippen LogP contribution is -2.45. The summed E-state index contributed by atoms with van der Waals surface area (Å²) >= 11 is 0. The van der Waals surface area contributed by atoms with Crippen molar-refractivity contribution < 1.29 is 23.9 Å². The second-order valence-electron chi connectivity index (χ2n) is 11.4. The van der Waals surface area contributed by atoms with E-state index in [1.165, 1.54) is 7.11 Å². The number of hydrogen-bond donors (Lipinski definition) is 1. The van der Waals surface area contributed by atoms with Crippen LogP contribution in [0.5, 0.6) is 0 Å². The lowest BCUT2D eigenvalue weighted by molar-refractivity contribution is -0.142. The first kappa shape index (κ1) is 27.7. The summed E-state index contributed by atoms with van der Waals surface area (Å²) in [6, 6.07) is 6.49. The van der Waals surface area contributed by atoms with Gasteiger partial charge in [-0.15, -0.1) is 0 Å². The van der Waals surface area contributed by atoms with Crippen molar-refractivity contribution in [3.05, 3.63) is 35.4 Å². The van der Waals surface area contributed by atoms with Crippen LogP contribution in [0.2, 0.25) is 0 Å². The molecule has 34 heavy (non-hydrogen) atoms. The third-order valence-electron chi connectivity index (χ3n) is 6.46. The highest BCUT2D eigenvalue weighted by atomic mass is 16.6. The van der Waals surface area contributed by atoms with E-state index in [2.05, 4.69) is 30.8 Å². The lowest BCUT2D eigenvalue weighted by Gasteiger charge is -2.41. The van der Waals surface area contributed by atoms with Crippen molar-refractivity contribution in [1.29, 1.82) is 0 Å². The number of nitrogens with one attached hydrogen (secondary N) is 1. The Morgan fingerprint density at radius 1 is 1.00 bits per heavy atom. The molecule has 1 saturated carbocycles. The molecule has 2 amide bonds. The minimum absolute atomic E-state index is 0.123. The zero-order chi connectivity index (χ0) is 25.7. The summed E-state index contributed by atoms with van der Waals surface area (Å²) in [7, 11) is 1.28. The number of carbonyl (C=O) groups is 3. The van der Waals surface area contributed by atoms with Crippen LogP contribution in [0.15, 0.2) is 24.3 Å². The number of nitrogens with zero attached hydrogens (tertiary/aromatic N) is 1. The van der Waals surface area contributed by atoms with Crippen molar-refractivity contribution in [3.8, 4) is 0 Å². The highest BCUT2D eigenvalue weighted by molar-refractivity contribution is 5.96. The summed E-state index contributed by atoms with van der Waals surface area (Å²) in [5, 5.41) is 2.62. The van der Waals surface area contributed by atoms with E-state index in [9.17, 15) is 14.4 Å². The zero-order valence-corrected chi connectivity index (χ0v) is 22.1. The van der Waals surface area contributed by atoms with Crippen LogP contribution in [-0.4, -0.2) is 47.7 Å². The molecule has 7 nitrogen and oxygen atoms in total. The van der Waals surface area contributed by atoms with Crippen LogP contribution in [0.1, 0.15) is 90.1 Å². The van der Waals surface area contributed by atoms with Crippen molar-refractivity contribution >= 4 is 18.0 Å². The Morgan fingerprint density at radius 2 is 1.56 bits per heavy atom. The van der Waals surface area contributed by atoms with Crippen molar-refractivity contribution in [2.24, 2.45) is 11.3 Å². The van der Waals surface area contributed by atoms with Crippen molar-refractivity contribution in [2.45, 2.75) is 98.4 Å². The fourth-order valence-corrected chi connectivity index (χ4v) is 4.39. The molecule has 1 aliphatic carbocycles. The van der Waals surface area contributed by atoms with E-state index in [0.717, 1.165) is 31.2 Å². The molecular formula is C27H42N2O5. The molecule has 7 heteroatoms. The number of methoxy groups -OCH3 is 1. The van der Waals surface area contributed by atoms with Crippen molar-refractivity contribution in [2.75, 3.05) is 7.11 Å². The Kier molecular flexibility index (Phi) is 9.15. The minimum atomic E-state index is -0.733. The van der Waals surface area contributed by atoms with E-state index in [4.69, 9.17) is 4.74 Å². The number of carbonyl (C=O) groups excluding carboxylic acids is 3. The number of esters is 1. The maximum atomic E-state index is 13.1. The molecule has 1 aromatic rings. The molecule has 1 fully saturated rings. The van der Waals surface area contributed by atoms with Gasteiger partial charge >= 0.3 is 12.1 Å². The zero-order valence-electron chi connectivity index (χ0n) is 22.1. The van der Waals surface area contributed by atoms with Crippen LogP contribution < -0.4 is 5.32 Å². The standard InChI is InChI=1S/C27H42N2O5/c1-18(24(31)33-8)28-23(30)20-11-9-19(10-12-20)17-29(25(32)34-27(5,6)7)22-15-13-21(14-16-22)26(2,3)4/h9-12,18,21-22H,13-17H2,1-8H3,(H,28,30). The predicted molar refractivity (Wildman–Crippen MR) is 132 cm³/mol. The molecular weight excluding hydrogens is 432 g/mol. The number of ether oxygens (including phenoxy) is 2. The molecule has 0 bridgehead atoms. The second-order valence-corrected chi connectivity index (χ2v) is 11.4. The Labute approximate surface area is 204 Å². The van der Waals surface area contributed by atoms with Gasteiger partial charge in [0.05, 0.1) is 7.11 Å². The maximum absolute atomic E-state index is 13.1. The monoisotopic (exact) mass is 474 g/mol. The molecule has 190 valence electrons. The normalized spacial score (nSPS) is 19.6. The van der Waals surface area contributed by atoms with Gasteiger partial charge in [-0.2, -0.15) is 0 Å². The Bertz CT molecular complexity index is 843. The lowest BCUT2D eigenvalue weighted by atomic mass is 9.71. The van der Waals surface area contributed by atoms with E-state index in [-0.39, 0.29) is 23.5 Å². The molecule has 0 saturated heterocycles. The third kappa shape index (κ3) is 8.03. The molecule has 0 aromatic heterocycles. The quantitative estimate of drug-likeness (QED) is 0.564. The van der Waals surface area contributed by atoms with Gasteiger partial charge in [0, 0.05) is 18.2 Å². The molecule has 0 aliphatic heterocycles. The van der Waals surface area contributed by atoms with Crippen LogP contribution >= 0.6 is 0 Å². The second kappa shape index (κ2) is 11.2. The largest absolute Gasteiger partial charge is 0.467 e. The van der Waals surface area contributed by atoms with Gasteiger partial charge in [-0.25, -0.2) is 9.59 Å². The molecule has 1 aliphatic rings. The van der Waals surface area contributed by atoms with E-state index >= 15 is 0 Å². The Balaban J connectivity index is 2.13. The summed E-state index contributed by atoms with van der Waals surface area (Å²) in [6.45, 7) is 14.5. The summed E-state index contributed by atoms with van der Waals surface area (Å²) in [5.41, 5.74) is 1.05. The molecule has 1 unspecified atom stereocenters. The van der Waals surface area contributed by atoms with Gasteiger partial charge in [-0.1, -0.05) is 32.9 Å². The van der Waals surface area contributed by atoms with Crippen molar-refractivity contribution in [1.82, 2.24) is 10.2 Å². The number of benzene rings is 1. The molecule has 1 N–H and O–H groups in total. The van der Waals surface area contributed by atoms with Crippen LogP contribution in [0.4, 0.5) is 4.79 Å². The average Bonchev–Trinajstić information content (AvgIpc) is 2.75. The number of amides is 2. The first-order chi connectivity index (χ1) is 15.7. The molecule has 0 radical (unpaired) electrons. The van der Waals surface area contributed by atoms with Crippen LogP contribution in [-0.2, 0) is 20.8 Å². The summed E-state index contributed by atoms with van der Waals surface area (Å²) in [5.74, 6) is -0.206. The third-order valence-corrected chi connectivity index (χ3v) is 6.46. The minimum Gasteiger partial charge on any atom is -0.467 e. The highest BCUT2D eigenvalue weighted by Gasteiger charge is 2.35. The fourth-order valence-electron chi connectivity index (χ4n) is 4.39. The average molecular weight is 475 g/mol. The Morgan fingerprint density at radius 3 is 2.03 bits per heavy atom. The van der Waals surface area contributed by atoms with E-state index < -0.39 is 17.6 Å². The van der Waals surface area contributed by atoms with E-state index in [1.807, 2.05) is 37.8 Å². The van der Waals surface area contributed by atoms with Gasteiger partial charge in [0.15, 0.2) is 0 Å². The topological polar surface area (TPSA) is 84.9 Å². The summed E-state index contributed by atoms with van der Waals surface area (Å²) < 4.78 is 10.4. The van der Waals surface area contributed by atoms with Gasteiger partial charge in [0.1, 0.15) is 11.6 Å². The van der Waals surface area contributed by atoms with Crippen molar-refractivity contribution in [3.63, 3.8) is 0 Å². The molecule has 0 heterocycles. The predicted octanol–water partition coefficient (Wildman–Crippen LogP) is 5.32. The van der Waals surface area contributed by atoms with Crippen LogP contribution in [0.25, 0.3) is 0 Å². The van der Waals surface area contributed by atoms with Gasteiger partial charge < -0.3 is 19.7 Å². The molecule has 0 spiro atoms. The molecule has 1 atom stereocenters. The van der Waals surface area contributed by atoms with Crippen LogP contribution in [0, 0.1) is 11.3 Å². The highest BCUT2D eigenvalue weighted by Crippen LogP contribution is 2.39. The summed E-state index contributed by atoms with van der Waals surface area (Å²) in [4.78, 5) is 39.0. The number of rotatable bonds is 6. The fraction of sp³-hybridized carbons (Fsp3) is 0.667. The molecule has 2 rings (SSSR count). The smallest absolute Gasteiger partial charge is 0.410 e. The van der Waals surface area contributed by atoms with Gasteiger partial charge in [-0.3, -0.25) is 4.79 Å². The Hall–Kier alpha value is -2.57. The first-order valence-corrected chi connectivity index (χ1v) is 12.2.